The number of hydrogen-bond acceptors (Lipinski definition) is 4. The van der Waals surface area contributed by atoms with Gasteiger partial charge in [-0.15, -0.1) is 0 Å². The third-order valence-corrected chi connectivity index (χ3v) is 4.15. The van der Waals surface area contributed by atoms with Gasteiger partial charge in [0.1, 0.15) is 11.9 Å². The molecule has 128 valence electrons. The van der Waals surface area contributed by atoms with Crippen molar-refractivity contribution in [1.29, 1.82) is 0 Å². The third-order valence-electron chi connectivity index (χ3n) is 3.35. The lowest BCUT2D eigenvalue weighted by Crippen LogP contribution is -2.25. The molecule has 2 rings (SSSR count). The number of benzene rings is 2. The van der Waals surface area contributed by atoms with Crippen molar-refractivity contribution in [3.05, 3.63) is 54.1 Å². The van der Waals surface area contributed by atoms with E-state index in [0.717, 1.165) is 23.4 Å². The van der Waals surface area contributed by atoms with Gasteiger partial charge in [-0.05, 0) is 42.3 Å². The van der Waals surface area contributed by atoms with Crippen LogP contribution in [0.1, 0.15) is 31.1 Å². The average molecular weight is 345 g/mol. The highest BCUT2D eigenvalue weighted by atomic mass is 32.2. The number of carboxylic acid groups (broad SMARTS) is 1. The first kappa shape index (κ1) is 18.4. The summed E-state index contributed by atoms with van der Waals surface area (Å²) in [5, 5.41) is 9.48. The Kier molecular flexibility index (Phi) is 6.70. The van der Waals surface area contributed by atoms with Gasteiger partial charge in [0.2, 0.25) is 0 Å². The lowest BCUT2D eigenvalue weighted by atomic mass is 10.0. The maximum Gasteiger partial charge on any atom is 0.335 e. The predicted molar refractivity (Wildman–Crippen MR) is 99.7 cm³/mol. The molecule has 0 radical (unpaired) electrons. The van der Waals surface area contributed by atoms with Gasteiger partial charge in [-0.3, -0.25) is 4.72 Å². The maximum atomic E-state index is 10.9. The SMILES string of the molecule is CC(CNSC(C)C)Oc1ccc(-c2ccc(C(=O)O)cc2)cc1. The summed E-state index contributed by atoms with van der Waals surface area (Å²) < 4.78 is 9.18. The van der Waals surface area contributed by atoms with E-state index >= 15 is 0 Å². The van der Waals surface area contributed by atoms with Gasteiger partial charge in [-0.25, -0.2) is 4.79 Å². The Morgan fingerprint density at radius 1 is 1.04 bits per heavy atom. The summed E-state index contributed by atoms with van der Waals surface area (Å²) in [6.45, 7) is 7.10. The zero-order valence-electron chi connectivity index (χ0n) is 14.2. The van der Waals surface area contributed by atoms with Crippen molar-refractivity contribution in [2.24, 2.45) is 0 Å². The zero-order chi connectivity index (χ0) is 17.5. The molecule has 0 aliphatic carbocycles. The van der Waals surface area contributed by atoms with Crippen LogP contribution in [0.5, 0.6) is 5.75 Å². The Balaban J connectivity index is 1.93. The van der Waals surface area contributed by atoms with E-state index in [0.29, 0.717) is 10.8 Å². The third kappa shape index (κ3) is 5.58. The second-order valence-electron chi connectivity index (χ2n) is 5.85. The smallest absolute Gasteiger partial charge is 0.335 e. The van der Waals surface area contributed by atoms with E-state index in [4.69, 9.17) is 9.84 Å². The number of carbonyl (C=O) groups is 1. The summed E-state index contributed by atoms with van der Waals surface area (Å²) in [7, 11) is 0. The molecule has 0 bridgehead atoms. The molecule has 0 aliphatic heterocycles. The lowest BCUT2D eigenvalue weighted by Gasteiger charge is -2.16. The highest BCUT2D eigenvalue weighted by Crippen LogP contribution is 2.23. The first-order chi connectivity index (χ1) is 11.5. The molecule has 5 heteroatoms. The largest absolute Gasteiger partial charge is 0.489 e. The fraction of sp³-hybridized carbons (Fsp3) is 0.316. The molecule has 0 saturated carbocycles. The molecule has 1 unspecified atom stereocenters. The van der Waals surface area contributed by atoms with E-state index in [1.165, 1.54) is 0 Å². The van der Waals surface area contributed by atoms with Gasteiger partial charge >= 0.3 is 5.97 Å². The number of hydrogen-bond donors (Lipinski definition) is 2. The van der Waals surface area contributed by atoms with Crippen LogP contribution in [0.15, 0.2) is 48.5 Å². The van der Waals surface area contributed by atoms with Crippen molar-refractivity contribution < 1.29 is 14.6 Å². The summed E-state index contributed by atoms with van der Waals surface area (Å²) in [5.41, 5.74) is 2.30. The molecule has 0 spiro atoms. The number of ether oxygens (including phenoxy) is 1. The van der Waals surface area contributed by atoms with E-state index in [2.05, 4.69) is 18.6 Å². The second kappa shape index (κ2) is 8.76. The van der Waals surface area contributed by atoms with Gasteiger partial charge in [0, 0.05) is 11.8 Å². The van der Waals surface area contributed by atoms with E-state index in [1.807, 2.05) is 43.3 Å². The standard InChI is InChI=1S/C19H23NO3S/c1-13(2)24-20-12-14(3)23-18-10-8-16(9-11-18)15-4-6-17(7-5-15)19(21)22/h4-11,13-14,20H,12H2,1-3H3,(H,21,22). The first-order valence-corrected chi connectivity index (χ1v) is 8.82. The Morgan fingerprint density at radius 2 is 1.58 bits per heavy atom. The molecule has 0 amide bonds. The molecular formula is C19H23NO3S. The van der Waals surface area contributed by atoms with Crippen LogP contribution in [0.3, 0.4) is 0 Å². The van der Waals surface area contributed by atoms with Crippen molar-refractivity contribution in [2.45, 2.75) is 32.1 Å². The van der Waals surface area contributed by atoms with E-state index in [1.54, 1.807) is 24.1 Å². The van der Waals surface area contributed by atoms with Gasteiger partial charge in [-0.2, -0.15) is 0 Å². The van der Waals surface area contributed by atoms with Crippen LogP contribution in [0, 0.1) is 0 Å². The average Bonchev–Trinajstić information content (AvgIpc) is 2.55. The van der Waals surface area contributed by atoms with Crippen molar-refractivity contribution >= 4 is 17.9 Å². The van der Waals surface area contributed by atoms with Crippen LogP contribution in [0.2, 0.25) is 0 Å². The molecule has 2 N–H and O–H groups in total. The molecule has 2 aromatic carbocycles. The number of nitrogens with one attached hydrogen (secondary N) is 1. The zero-order valence-corrected chi connectivity index (χ0v) is 15.0. The summed E-state index contributed by atoms with van der Waals surface area (Å²) >= 11 is 1.70. The van der Waals surface area contributed by atoms with Crippen molar-refractivity contribution in [2.75, 3.05) is 6.54 Å². The lowest BCUT2D eigenvalue weighted by molar-refractivity contribution is 0.0697. The number of aromatic carboxylic acids is 1. The minimum atomic E-state index is -0.913. The van der Waals surface area contributed by atoms with Crippen LogP contribution in [0.4, 0.5) is 0 Å². The minimum absolute atomic E-state index is 0.0805. The second-order valence-corrected chi connectivity index (χ2v) is 7.32. The molecule has 0 aliphatic rings. The molecule has 4 nitrogen and oxygen atoms in total. The number of carboxylic acids is 1. The molecular weight excluding hydrogens is 322 g/mol. The van der Waals surface area contributed by atoms with Crippen molar-refractivity contribution in [1.82, 2.24) is 4.72 Å². The van der Waals surface area contributed by atoms with Gasteiger partial charge in [0.25, 0.3) is 0 Å². The molecule has 24 heavy (non-hydrogen) atoms. The normalized spacial score (nSPS) is 12.2. The summed E-state index contributed by atoms with van der Waals surface area (Å²) in [5.74, 6) is -0.0896. The molecule has 0 heterocycles. The van der Waals surface area contributed by atoms with Crippen LogP contribution >= 0.6 is 11.9 Å². The summed E-state index contributed by atoms with van der Waals surface area (Å²) in [6, 6.07) is 14.7. The molecule has 0 fully saturated rings. The van der Waals surface area contributed by atoms with E-state index in [-0.39, 0.29) is 6.10 Å². The Bertz CT molecular complexity index is 653. The highest BCUT2D eigenvalue weighted by molar-refractivity contribution is 7.97. The van der Waals surface area contributed by atoms with Crippen LogP contribution in [0.25, 0.3) is 11.1 Å². The van der Waals surface area contributed by atoms with Gasteiger partial charge in [-0.1, -0.05) is 50.1 Å². The fourth-order valence-corrected chi connectivity index (χ4v) is 2.80. The van der Waals surface area contributed by atoms with Crippen molar-refractivity contribution in [3.63, 3.8) is 0 Å². The maximum absolute atomic E-state index is 10.9. The van der Waals surface area contributed by atoms with Crippen LogP contribution in [-0.4, -0.2) is 29.0 Å². The Hall–Kier alpha value is -1.98. The van der Waals surface area contributed by atoms with Gasteiger partial charge < -0.3 is 9.84 Å². The Morgan fingerprint density at radius 3 is 2.08 bits per heavy atom. The molecule has 0 aromatic heterocycles. The van der Waals surface area contributed by atoms with E-state index in [9.17, 15) is 4.79 Å². The topological polar surface area (TPSA) is 58.6 Å². The molecule has 0 saturated heterocycles. The van der Waals surface area contributed by atoms with Crippen LogP contribution in [-0.2, 0) is 0 Å². The van der Waals surface area contributed by atoms with Crippen molar-refractivity contribution in [3.8, 4) is 16.9 Å². The fourth-order valence-electron chi connectivity index (χ4n) is 2.14. The monoisotopic (exact) mass is 345 g/mol. The highest BCUT2D eigenvalue weighted by Gasteiger charge is 2.06. The predicted octanol–water partition coefficient (Wildman–Crippen LogP) is 4.47. The van der Waals surface area contributed by atoms with Crippen LogP contribution < -0.4 is 9.46 Å². The number of rotatable bonds is 8. The first-order valence-electron chi connectivity index (χ1n) is 7.94. The Labute approximate surface area is 147 Å². The summed E-state index contributed by atoms with van der Waals surface area (Å²) in [4.78, 5) is 10.9. The molecule has 2 aromatic rings. The minimum Gasteiger partial charge on any atom is -0.489 e. The summed E-state index contributed by atoms with van der Waals surface area (Å²) in [6.07, 6.45) is 0.0805. The van der Waals surface area contributed by atoms with Gasteiger partial charge in [0.15, 0.2) is 0 Å². The van der Waals surface area contributed by atoms with E-state index < -0.39 is 5.97 Å². The van der Waals surface area contributed by atoms with Gasteiger partial charge in [0.05, 0.1) is 5.56 Å². The molecule has 1 atom stereocenters. The quantitative estimate of drug-likeness (QED) is 0.692.